The Balaban J connectivity index is 1.99. The molecule has 0 N–H and O–H groups in total. The van der Waals surface area contributed by atoms with E-state index in [2.05, 4.69) is 0 Å². The Morgan fingerprint density at radius 3 is 1.94 bits per heavy atom. The number of para-hydroxylation sites is 1. The van der Waals surface area contributed by atoms with Crippen molar-refractivity contribution in [1.29, 1.82) is 0 Å². The summed E-state index contributed by atoms with van der Waals surface area (Å²) in [5, 5.41) is 0. The first-order valence-corrected chi connectivity index (χ1v) is 10.8. The molecule has 0 aliphatic heterocycles. The van der Waals surface area contributed by atoms with Crippen LogP contribution >= 0.6 is 0 Å². The van der Waals surface area contributed by atoms with Gasteiger partial charge in [0.25, 0.3) is 5.91 Å². The molecule has 0 spiro atoms. The lowest BCUT2D eigenvalue weighted by Crippen LogP contribution is -2.39. The summed E-state index contributed by atoms with van der Waals surface area (Å²) in [5.74, 6) is 2.02. The third-order valence-electron chi connectivity index (χ3n) is 5.61. The van der Waals surface area contributed by atoms with Gasteiger partial charge in [0.2, 0.25) is 5.75 Å². The maximum atomic E-state index is 13.8. The first-order valence-electron chi connectivity index (χ1n) is 10.8. The summed E-state index contributed by atoms with van der Waals surface area (Å²) >= 11 is 0. The van der Waals surface area contributed by atoms with E-state index >= 15 is 0 Å². The molecular formula is C27H31NO5. The van der Waals surface area contributed by atoms with Gasteiger partial charge in [0, 0.05) is 18.2 Å². The topological polar surface area (TPSA) is 57.2 Å². The summed E-state index contributed by atoms with van der Waals surface area (Å²) in [7, 11) is 6.28. The van der Waals surface area contributed by atoms with E-state index in [0.717, 1.165) is 16.9 Å². The summed E-state index contributed by atoms with van der Waals surface area (Å²) in [6.45, 7) is 2.51. The minimum Gasteiger partial charge on any atom is -0.496 e. The number of hydrogen-bond acceptors (Lipinski definition) is 5. The highest BCUT2D eigenvalue weighted by Crippen LogP contribution is 2.38. The number of methoxy groups -OCH3 is 4. The Labute approximate surface area is 195 Å². The van der Waals surface area contributed by atoms with E-state index in [4.69, 9.17) is 18.9 Å². The van der Waals surface area contributed by atoms with Gasteiger partial charge in [-0.1, -0.05) is 48.5 Å². The van der Waals surface area contributed by atoms with E-state index in [1.807, 2.05) is 66.4 Å². The molecule has 1 atom stereocenters. The molecule has 0 aliphatic rings. The first kappa shape index (κ1) is 24.0. The zero-order valence-electron chi connectivity index (χ0n) is 19.8. The molecule has 33 heavy (non-hydrogen) atoms. The van der Waals surface area contributed by atoms with E-state index in [0.29, 0.717) is 35.8 Å². The number of hydrogen-bond donors (Lipinski definition) is 0. The second-order valence-corrected chi connectivity index (χ2v) is 7.70. The van der Waals surface area contributed by atoms with Crippen molar-refractivity contribution in [3.8, 4) is 23.0 Å². The molecule has 1 unspecified atom stereocenters. The van der Waals surface area contributed by atoms with Crippen molar-refractivity contribution in [1.82, 2.24) is 4.90 Å². The van der Waals surface area contributed by atoms with Crippen LogP contribution < -0.4 is 18.9 Å². The Hall–Kier alpha value is -3.67. The van der Waals surface area contributed by atoms with Gasteiger partial charge in [-0.3, -0.25) is 4.79 Å². The lowest BCUT2D eigenvalue weighted by molar-refractivity contribution is 0.0674. The minimum atomic E-state index is -0.125. The van der Waals surface area contributed by atoms with Crippen LogP contribution in [0.25, 0.3) is 0 Å². The van der Waals surface area contributed by atoms with E-state index in [1.54, 1.807) is 26.4 Å². The maximum absolute atomic E-state index is 13.8. The SMILES string of the molecule is COc1ccccc1CC(C)N(Cc1ccccc1)C(=O)c1cc(OC)c(OC)c(OC)c1. The second kappa shape index (κ2) is 11.3. The third-order valence-corrected chi connectivity index (χ3v) is 5.61. The van der Waals surface area contributed by atoms with Crippen molar-refractivity contribution >= 4 is 5.91 Å². The van der Waals surface area contributed by atoms with Crippen LogP contribution in [0.2, 0.25) is 0 Å². The summed E-state index contributed by atoms with van der Waals surface area (Å²) in [4.78, 5) is 15.7. The Morgan fingerprint density at radius 1 is 0.788 bits per heavy atom. The van der Waals surface area contributed by atoms with E-state index in [1.165, 1.54) is 14.2 Å². The Bertz CT molecular complexity index is 1040. The van der Waals surface area contributed by atoms with Crippen LogP contribution in [0.4, 0.5) is 0 Å². The Kier molecular flexibility index (Phi) is 8.19. The maximum Gasteiger partial charge on any atom is 0.254 e. The second-order valence-electron chi connectivity index (χ2n) is 7.70. The van der Waals surface area contributed by atoms with Gasteiger partial charge in [-0.15, -0.1) is 0 Å². The van der Waals surface area contributed by atoms with Crippen molar-refractivity contribution < 1.29 is 23.7 Å². The number of carbonyl (C=O) groups is 1. The summed E-state index contributed by atoms with van der Waals surface area (Å²) in [6, 6.07) is 21.1. The van der Waals surface area contributed by atoms with Crippen LogP contribution in [0, 0.1) is 0 Å². The number of ether oxygens (including phenoxy) is 4. The number of rotatable bonds is 10. The lowest BCUT2D eigenvalue weighted by Gasteiger charge is -2.30. The highest BCUT2D eigenvalue weighted by Gasteiger charge is 2.26. The normalized spacial score (nSPS) is 11.4. The van der Waals surface area contributed by atoms with E-state index in [9.17, 15) is 4.79 Å². The molecule has 3 aromatic carbocycles. The molecule has 0 heterocycles. The minimum absolute atomic E-state index is 0.104. The predicted molar refractivity (Wildman–Crippen MR) is 129 cm³/mol. The lowest BCUT2D eigenvalue weighted by atomic mass is 10.0. The van der Waals surface area contributed by atoms with Crippen molar-refractivity contribution in [2.75, 3.05) is 28.4 Å². The quantitative estimate of drug-likeness (QED) is 0.436. The molecule has 0 aliphatic carbocycles. The molecule has 0 radical (unpaired) electrons. The average Bonchev–Trinajstić information content (AvgIpc) is 2.86. The summed E-state index contributed by atoms with van der Waals surface area (Å²) in [6.07, 6.45) is 0.646. The molecule has 0 saturated heterocycles. The van der Waals surface area contributed by atoms with Gasteiger partial charge in [-0.05, 0) is 42.7 Å². The van der Waals surface area contributed by atoms with Crippen molar-refractivity contribution in [2.45, 2.75) is 25.9 Å². The van der Waals surface area contributed by atoms with Gasteiger partial charge < -0.3 is 23.8 Å². The molecule has 174 valence electrons. The molecule has 3 rings (SSSR count). The number of benzene rings is 3. The largest absolute Gasteiger partial charge is 0.496 e. The van der Waals surface area contributed by atoms with Gasteiger partial charge in [0.15, 0.2) is 11.5 Å². The van der Waals surface area contributed by atoms with Crippen LogP contribution in [0.5, 0.6) is 23.0 Å². The van der Waals surface area contributed by atoms with Crippen molar-refractivity contribution in [3.63, 3.8) is 0 Å². The molecule has 6 heteroatoms. The molecule has 0 bridgehead atoms. The van der Waals surface area contributed by atoms with Gasteiger partial charge in [-0.2, -0.15) is 0 Å². The zero-order valence-corrected chi connectivity index (χ0v) is 19.8. The zero-order chi connectivity index (χ0) is 23.8. The Morgan fingerprint density at radius 2 is 1.36 bits per heavy atom. The predicted octanol–water partition coefficient (Wildman–Crippen LogP) is 4.99. The number of carbonyl (C=O) groups excluding carboxylic acids is 1. The smallest absolute Gasteiger partial charge is 0.254 e. The standard InChI is InChI=1S/C27H31NO5/c1-19(15-21-13-9-10-14-23(21)30-2)28(18-20-11-7-6-8-12-20)27(29)22-16-24(31-3)26(33-5)25(17-22)32-4/h6-14,16-17,19H,15,18H2,1-5H3. The van der Waals surface area contributed by atoms with Crippen LogP contribution in [0.15, 0.2) is 66.7 Å². The number of amides is 1. The van der Waals surface area contributed by atoms with Crippen molar-refractivity contribution in [2.24, 2.45) is 0 Å². The molecule has 1 amide bonds. The highest BCUT2D eigenvalue weighted by atomic mass is 16.5. The molecule has 0 saturated carbocycles. The monoisotopic (exact) mass is 449 g/mol. The van der Waals surface area contributed by atoms with Crippen LogP contribution in [-0.2, 0) is 13.0 Å². The fourth-order valence-electron chi connectivity index (χ4n) is 3.88. The number of nitrogens with zero attached hydrogens (tertiary/aromatic N) is 1. The highest BCUT2D eigenvalue weighted by molar-refractivity contribution is 5.96. The van der Waals surface area contributed by atoms with Crippen LogP contribution in [-0.4, -0.2) is 45.3 Å². The molecule has 3 aromatic rings. The van der Waals surface area contributed by atoms with Gasteiger partial charge >= 0.3 is 0 Å². The van der Waals surface area contributed by atoms with Crippen LogP contribution in [0.3, 0.4) is 0 Å². The fraction of sp³-hybridized carbons (Fsp3) is 0.296. The molecule has 6 nitrogen and oxygen atoms in total. The third kappa shape index (κ3) is 5.58. The summed E-state index contributed by atoms with van der Waals surface area (Å²) < 4.78 is 21.9. The molecule has 0 fully saturated rings. The van der Waals surface area contributed by atoms with E-state index < -0.39 is 0 Å². The van der Waals surface area contributed by atoms with E-state index in [-0.39, 0.29) is 11.9 Å². The fourth-order valence-corrected chi connectivity index (χ4v) is 3.88. The first-order chi connectivity index (χ1) is 16.0. The van der Waals surface area contributed by atoms with Gasteiger partial charge in [0.05, 0.1) is 28.4 Å². The van der Waals surface area contributed by atoms with Crippen molar-refractivity contribution in [3.05, 3.63) is 83.4 Å². The average molecular weight is 450 g/mol. The van der Waals surface area contributed by atoms with Crippen LogP contribution in [0.1, 0.15) is 28.4 Å². The van der Waals surface area contributed by atoms with Gasteiger partial charge in [0.1, 0.15) is 5.75 Å². The molecular weight excluding hydrogens is 418 g/mol. The van der Waals surface area contributed by atoms with Gasteiger partial charge in [-0.25, -0.2) is 0 Å². The molecule has 0 aromatic heterocycles. The summed E-state index contributed by atoms with van der Waals surface area (Å²) in [5.41, 5.74) is 2.56.